The van der Waals surface area contributed by atoms with Gasteiger partial charge in [0.2, 0.25) is 0 Å². The van der Waals surface area contributed by atoms with E-state index in [0.29, 0.717) is 16.1 Å². The van der Waals surface area contributed by atoms with Crippen molar-refractivity contribution >= 4 is 29.1 Å². The highest BCUT2D eigenvalue weighted by molar-refractivity contribution is 7.12. The SMILES string of the molecule is CC1(C)C(N)=C(C(=N)NC(=O)c2cccs2)CN1C(=O)N[C@H](CO)c1ccccc1. The lowest BCUT2D eigenvalue weighted by atomic mass is 10.00. The number of aliphatic hydroxyl groups excluding tert-OH is 1. The van der Waals surface area contributed by atoms with Gasteiger partial charge in [-0.05, 0) is 30.9 Å². The van der Waals surface area contributed by atoms with Crippen LogP contribution < -0.4 is 16.4 Å². The minimum atomic E-state index is -0.865. The largest absolute Gasteiger partial charge is 0.400 e. The van der Waals surface area contributed by atoms with Gasteiger partial charge in [0, 0.05) is 11.3 Å². The number of amidine groups is 1. The van der Waals surface area contributed by atoms with Crippen molar-refractivity contribution in [2.75, 3.05) is 13.2 Å². The molecular weight excluding hydrogens is 402 g/mol. The first-order valence-electron chi connectivity index (χ1n) is 9.42. The zero-order valence-corrected chi connectivity index (χ0v) is 17.6. The van der Waals surface area contributed by atoms with Crippen LogP contribution >= 0.6 is 11.3 Å². The number of urea groups is 1. The van der Waals surface area contributed by atoms with Crippen LogP contribution in [-0.4, -0.2) is 46.5 Å². The number of nitrogens with two attached hydrogens (primary N) is 1. The molecule has 1 aliphatic rings. The van der Waals surface area contributed by atoms with Crippen molar-refractivity contribution in [3.05, 3.63) is 69.6 Å². The van der Waals surface area contributed by atoms with Gasteiger partial charge in [0.1, 0.15) is 5.84 Å². The highest BCUT2D eigenvalue weighted by atomic mass is 32.1. The molecule has 0 saturated heterocycles. The van der Waals surface area contributed by atoms with Gasteiger partial charge < -0.3 is 26.4 Å². The van der Waals surface area contributed by atoms with Crippen LogP contribution in [0.15, 0.2) is 59.1 Å². The molecule has 158 valence electrons. The first kappa shape index (κ1) is 21.5. The molecule has 1 atom stereocenters. The van der Waals surface area contributed by atoms with E-state index >= 15 is 0 Å². The molecule has 8 nitrogen and oxygen atoms in total. The molecule has 2 heterocycles. The molecule has 1 aromatic carbocycles. The highest BCUT2D eigenvalue weighted by Crippen LogP contribution is 2.32. The molecule has 0 bridgehead atoms. The van der Waals surface area contributed by atoms with E-state index in [1.165, 1.54) is 16.2 Å². The zero-order valence-electron chi connectivity index (χ0n) is 16.8. The van der Waals surface area contributed by atoms with Crippen LogP contribution in [0.2, 0.25) is 0 Å². The van der Waals surface area contributed by atoms with E-state index in [4.69, 9.17) is 11.1 Å². The van der Waals surface area contributed by atoms with Gasteiger partial charge in [-0.25, -0.2) is 4.79 Å². The van der Waals surface area contributed by atoms with Crippen LogP contribution in [0.1, 0.15) is 35.1 Å². The molecule has 0 aliphatic carbocycles. The maximum Gasteiger partial charge on any atom is 0.319 e. The van der Waals surface area contributed by atoms with Crippen molar-refractivity contribution in [2.45, 2.75) is 25.4 Å². The maximum absolute atomic E-state index is 13.0. The number of hydrogen-bond donors (Lipinski definition) is 5. The third-order valence-electron chi connectivity index (χ3n) is 5.19. The zero-order chi connectivity index (χ0) is 21.9. The Morgan fingerprint density at radius 2 is 1.97 bits per heavy atom. The van der Waals surface area contributed by atoms with Crippen molar-refractivity contribution in [1.82, 2.24) is 15.5 Å². The normalized spacial score (nSPS) is 16.3. The summed E-state index contributed by atoms with van der Waals surface area (Å²) >= 11 is 1.27. The Labute approximate surface area is 178 Å². The molecule has 0 fully saturated rings. The molecule has 30 heavy (non-hydrogen) atoms. The third kappa shape index (κ3) is 4.22. The van der Waals surface area contributed by atoms with Crippen LogP contribution in [0.25, 0.3) is 0 Å². The van der Waals surface area contributed by atoms with E-state index in [2.05, 4.69) is 10.6 Å². The molecule has 3 amide bonds. The Morgan fingerprint density at radius 3 is 2.57 bits per heavy atom. The average molecular weight is 428 g/mol. The molecule has 0 radical (unpaired) electrons. The lowest BCUT2D eigenvalue weighted by Crippen LogP contribution is -2.51. The number of amides is 3. The van der Waals surface area contributed by atoms with E-state index in [9.17, 15) is 14.7 Å². The Kier molecular flexibility index (Phi) is 6.23. The first-order chi connectivity index (χ1) is 14.3. The summed E-state index contributed by atoms with van der Waals surface area (Å²) in [4.78, 5) is 27.2. The van der Waals surface area contributed by atoms with Gasteiger partial charge in [0.25, 0.3) is 5.91 Å². The van der Waals surface area contributed by atoms with Crippen LogP contribution in [-0.2, 0) is 0 Å². The highest BCUT2D eigenvalue weighted by Gasteiger charge is 2.43. The second-order valence-electron chi connectivity index (χ2n) is 7.44. The van der Waals surface area contributed by atoms with Gasteiger partial charge in [0.15, 0.2) is 0 Å². The summed E-state index contributed by atoms with van der Waals surface area (Å²) in [5, 5.41) is 25.2. The number of thiophene rings is 1. The fourth-order valence-corrected chi connectivity index (χ4v) is 3.92. The van der Waals surface area contributed by atoms with Crippen molar-refractivity contribution < 1.29 is 14.7 Å². The molecular formula is C21H25N5O3S. The Balaban J connectivity index is 1.73. The monoisotopic (exact) mass is 427 g/mol. The summed E-state index contributed by atoms with van der Waals surface area (Å²) in [6.45, 7) is 3.37. The Bertz CT molecular complexity index is 970. The number of carbonyl (C=O) groups is 2. The standard InChI is InChI=1S/C21H25N5O3S/c1-21(2)17(22)14(18(23)25-19(28)16-9-6-10-30-16)11-26(21)20(29)24-15(12-27)13-7-4-3-5-8-13/h3-10,15,27H,11-12,22H2,1-2H3,(H,24,29)(H2,23,25,28)/t15-/m1/s1. The number of rotatable bonds is 5. The molecule has 1 aliphatic heterocycles. The Morgan fingerprint density at radius 1 is 1.27 bits per heavy atom. The van der Waals surface area contributed by atoms with Gasteiger partial charge in [-0.2, -0.15) is 0 Å². The lowest BCUT2D eigenvalue weighted by Gasteiger charge is -2.34. The van der Waals surface area contributed by atoms with E-state index < -0.39 is 17.6 Å². The minimum Gasteiger partial charge on any atom is -0.400 e. The van der Waals surface area contributed by atoms with Gasteiger partial charge >= 0.3 is 6.03 Å². The quantitative estimate of drug-likeness (QED) is 0.370. The van der Waals surface area contributed by atoms with Crippen molar-refractivity contribution in [1.29, 1.82) is 5.41 Å². The summed E-state index contributed by atoms with van der Waals surface area (Å²) in [7, 11) is 0. The summed E-state index contributed by atoms with van der Waals surface area (Å²) in [5.74, 6) is -0.517. The van der Waals surface area contributed by atoms with Gasteiger partial charge in [0.05, 0.1) is 29.6 Å². The van der Waals surface area contributed by atoms with E-state index in [-0.39, 0.29) is 24.9 Å². The lowest BCUT2D eigenvalue weighted by molar-refractivity contribution is 0.0981. The van der Waals surface area contributed by atoms with E-state index in [0.717, 1.165) is 5.56 Å². The van der Waals surface area contributed by atoms with Crippen LogP contribution in [0.4, 0.5) is 4.79 Å². The topological polar surface area (TPSA) is 132 Å². The maximum atomic E-state index is 13.0. The third-order valence-corrected chi connectivity index (χ3v) is 6.06. The number of nitrogens with zero attached hydrogens (tertiary/aromatic N) is 1. The minimum absolute atomic E-state index is 0.0706. The summed E-state index contributed by atoms with van der Waals surface area (Å²) in [5.41, 5.74) is 6.92. The predicted octanol–water partition coefficient (Wildman–Crippen LogP) is 2.21. The van der Waals surface area contributed by atoms with E-state index in [1.807, 2.05) is 30.3 Å². The summed E-state index contributed by atoms with van der Waals surface area (Å²) in [6.07, 6.45) is 0. The smallest absolute Gasteiger partial charge is 0.319 e. The summed E-state index contributed by atoms with van der Waals surface area (Å²) in [6, 6.07) is 11.6. The van der Waals surface area contributed by atoms with Crippen LogP contribution in [0, 0.1) is 5.41 Å². The fourth-order valence-electron chi connectivity index (χ4n) is 3.30. The second kappa shape index (κ2) is 8.68. The van der Waals surface area contributed by atoms with Crippen LogP contribution in [0.5, 0.6) is 0 Å². The molecule has 9 heteroatoms. The number of hydrogen-bond acceptors (Lipinski definition) is 6. The fraction of sp³-hybridized carbons (Fsp3) is 0.286. The molecule has 0 saturated carbocycles. The number of benzene rings is 1. The van der Waals surface area contributed by atoms with Crippen LogP contribution in [0.3, 0.4) is 0 Å². The number of carbonyl (C=O) groups excluding carboxylic acids is 2. The molecule has 6 N–H and O–H groups in total. The molecule has 1 aromatic heterocycles. The average Bonchev–Trinajstić information content (AvgIpc) is 3.34. The van der Waals surface area contributed by atoms with Crippen molar-refractivity contribution in [3.8, 4) is 0 Å². The van der Waals surface area contributed by atoms with E-state index in [1.54, 1.807) is 31.4 Å². The second-order valence-corrected chi connectivity index (χ2v) is 8.39. The first-order valence-corrected chi connectivity index (χ1v) is 10.3. The predicted molar refractivity (Wildman–Crippen MR) is 116 cm³/mol. The molecule has 0 unspecified atom stereocenters. The number of nitrogens with one attached hydrogen (secondary N) is 3. The summed E-state index contributed by atoms with van der Waals surface area (Å²) < 4.78 is 0. The van der Waals surface area contributed by atoms with Gasteiger partial charge in [-0.15, -0.1) is 11.3 Å². The molecule has 3 rings (SSSR count). The molecule has 0 spiro atoms. The van der Waals surface area contributed by atoms with Gasteiger partial charge in [-0.1, -0.05) is 36.4 Å². The number of aliphatic hydroxyl groups is 1. The Hall–Kier alpha value is -3.17. The van der Waals surface area contributed by atoms with Crippen molar-refractivity contribution in [2.24, 2.45) is 5.73 Å². The molecule has 2 aromatic rings. The van der Waals surface area contributed by atoms with Gasteiger partial charge in [-0.3, -0.25) is 10.2 Å². The van der Waals surface area contributed by atoms with Crippen molar-refractivity contribution in [3.63, 3.8) is 0 Å².